The van der Waals surface area contributed by atoms with Crippen LogP contribution in [0.3, 0.4) is 0 Å². The Labute approximate surface area is 462 Å². The minimum absolute atomic E-state index is 0. The van der Waals surface area contributed by atoms with Crippen LogP contribution in [0, 0.1) is 33.6 Å². The second-order valence-electron chi connectivity index (χ2n) is 24.4. The van der Waals surface area contributed by atoms with E-state index in [1.165, 1.54) is 27.8 Å². The number of nitrogens with zero attached hydrogens (tertiary/aromatic N) is 1. The summed E-state index contributed by atoms with van der Waals surface area (Å²) in [7, 11) is -1.99. The first-order valence-electron chi connectivity index (χ1n) is 23.6. The van der Waals surface area contributed by atoms with Crippen LogP contribution in [0.4, 0.5) is 0 Å². The van der Waals surface area contributed by atoms with Gasteiger partial charge in [-0.25, -0.2) is 4.21 Å². The Bertz CT molecular complexity index is 2050. The van der Waals surface area contributed by atoms with Gasteiger partial charge in [0.25, 0.3) is 0 Å². The molecule has 2 atom stereocenters. The molecule has 0 aliphatic rings. The molecule has 0 fully saturated rings. The summed E-state index contributed by atoms with van der Waals surface area (Å²) in [5.74, 6) is 3.63. The minimum Gasteiger partial charge on any atom is -1.00 e. The van der Waals surface area contributed by atoms with Gasteiger partial charge in [0.15, 0.2) is 0 Å². The maximum absolute atomic E-state index is 12.4. The minimum atomic E-state index is -1.18. The van der Waals surface area contributed by atoms with E-state index >= 15 is 0 Å². The normalized spacial score (nSPS) is 13.2. The van der Waals surface area contributed by atoms with Gasteiger partial charge >= 0.3 is 23.1 Å². The Kier molecular flexibility index (Phi) is 32.9. The summed E-state index contributed by atoms with van der Waals surface area (Å²) in [5, 5.41) is 0. The van der Waals surface area contributed by atoms with Crippen molar-refractivity contribution in [1.82, 2.24) is 0 Å². The van der Waals surface area contributed by atoms with Gasteiger partial charge in [-0.2, -0.15) is 4.40 Å². The van der Waals surface area contributed by atoms with Crippen LogP contribution in [-0.4, -0.2) is 74.8 Å². The van der Waals surface area contributed by atoms with Gasteiger partial charge in [0, 0.05) is 32.6 Å². The molecule has 0 aromatic heterocycles. The van der Waals surface area contributed by atoms with E-state index in [-0.39, 0.29) is 97.1 Å². The SMILES string of the molecule is CC(CCc1ccc(C)c(OC(C)(C)C)c1)=N[S@](=O)C(C)(C)C.Cc1ccc(CCC(C)(C)C[S@](=O)C(C)(C)C)cc1OC(C)(C)C.Cc1ccc(CCC(C)(C)N)cc1OC(C)(C)C.Cl.[Br-].[CH3-].[Mg+2]. The van der Waals surface area contributed by atoms with Crippen molar-refractivity contribution in [3.05, 3.63) is 95.4 Å². The second-order valence-corrected chi connectivity index (χ2v) is 28.5. The van der Waals surface area contributed by atoms with Crippen LogP contribution in [-0.2, 0) is 41.0 Å². The molecule has 69 heavy (non-hydrogen) atoms. The predicted octanol–water partition coefficient (Wildman–Crippen LogP) is 12.0. The monoisotopic (exact) mass is 1090 g/mol. The van der Waals surface area contributed by atoms with E-state index in [4.69, 9.17) is 19.9 Å². The molecule has 0 amide bonds. The third-order valence-electron chi connectivity index (χ3n) is 9.90. The fourth-order valence-electron chi connectivity index (χ4n) is 5.96. The molecule has 0 radical (unpaired) electrons. The maximum Gasteiger partial charge on any atom is 2.00 e. The standard InChI is InChI=1S/C21H36O2S.C19H31NO2S.C16H27NO.CH3.BrH.ClH.Mg/c1-16-10-11-17(14-18(16)23-19(2,3)4)12-13-21(8,9)15-24(22)20(5,6)7;1-14-9-11-16(13-17(14)22-18(3,4)5)12-10-15(2)20-23(21)19(6,7)8;1-12-7-8-13(9-10-16(5,6)17)11-14(12)18-15(2,3)4;;;;/h10-11,14H,12-13,15H2,1-9H3;9,11,13H,10,12H2,1-8H3;7-8,11H,9-10,17H2,1-6H3;1H3;2*1H;/q;;;-1;;;+2/p-1/t24-;23-;;;;;/m01...../s1. The van der Waals surface area contributed by atoms with Gasteiger partial charge in [0.1, 0.15) is 45.0 Å². The zero-order valence-corrected chi connectivity index (χ0v) is 53.5. The number of hydrogen-bond acceptors (Lipinski definition) is 6. The number of benzene rings is 3. The molecule has 3 aromatic carbocycles. The van der Waals surface area contributed by atoms with Crippen molar-refractivity contribution in [3.63, 3.8) is 0 Å². The third-order valence-corrected chi connectivity index (χ3v) is 13.8. The fraction of sp³-hybridized carbons (Fsp3) is 0.649. The first kappa shape index (κ1) is 74.1. The quantitative estimate of drug-likeness (QED) is 0.0924. The molecular formula is C57H98BrClMgN2O5S2. The van der Waals surface area contributed by atoms with Crippen LogP contribution < -0.4 is 36.9 Å². The molecule has 0 spiro atoms. The van der Waals surface area contributed by atoms with Crippen molar-refractivity contribution in [1.29, 1.82) is 0 Å². The summed E-state index contributed by atoms with van der Waals surface area (Å²) in [6, 6.07) is 19.2. The number of aryl methyl sites for hydroxylation is 6. The summed E-state index contributed by atoms with van der Waals surface area (Å²) in [6.07, 6.45) is 5.65. The molecule has 0 aliphatic carbocycles. The molecule has 394 valence electrons. The molecule has 2 N–H and O–H groups in total. The molecule has 0 saturated carbocycles. The van der Waals surface area contributed by atoms with Crippen LogP contribution in [0.5, 0.6) is 17.2 Å². The molecule has 3 rings (SSSR count). The summed E-state index contributed by atoms with van der Waals surface area (Å²) < 4.78 is 46.4. The molecular weight excluding hydrogens is 996 g/mol. The van der Waals surface area contributed by atoms with E-state index in [0.29, 0.717) is 0 Å². The van der Waals surface area contributed by atoms with Crippen molar-refractivity contribution in [3.8, 4) is 17.2 Å². The van der Waals surface area contributed by atoms with Crippen LogP contribution in [0.2, 0.25) is 0 Å². The molecule has 0 saturated heterocycles. The Hall–Kier alpha value is -1.47. The maximum atomic E-state index is 12.4. The average Bonchev–Trinajstić information content (AvgIpc) is 3.10. The molecule has 7 nitrogen and oxygen atoms in total. The van der Waals surface area contributed by atoms with Gasteiger partial charge in [-0.3, -0.25) is 4.21 Å². The van der Waals surface area contributed by atoms with Crippen molar-refractivity contribution in [2.24, 2.45) is 15.5 Å². The van der Waals surface area contributed by atoms with E-state index < -0.39 is 21.8 Å². The summed E-state index contributed by atoms with van der Waals surface area (Å²) in [5.41, 5.74) is 13.6. The molecule has 12 heteroatoms. The number of hydrogen-bond donors (Lipinski definition) is 1. The van der Waals surface area contributed by atoms with E-state index in [2.05, 4.69) is 191 Å². The third kappa shape index (κ3) is 33.8. The Morgan fingerprint density at radius 1 is 0.551 bits per heavy atom. The van der Waals surface area contributed by atoms with Crippen molar-refractivity contribution < 1.29 is 39.6 Å². The van der Waals surface area contributed by atoms with Crippen LogP contribution >= 0.6 is 12.4 Å². The molecule has 3 aromatic rings. The molecule has 0 bridgehead atoms. The Balaban J connectivity index is -0.000000451. The summed E-state index contributed by atoms with van der Waals surface area (Å²) in [6.45, 7) is 47.3. The van der Waals surface area contributed by atoms with Crippen LogP contribution in [0.15, 0.2) is 59.0 Å². The second kappa shape index (κ2) is 30.7. The van der Waals surface area contributed by atoms with E-state index in [1.54, 1.807) is 0 Å². The van der Waals surface area contributed by atoms with Crippen molar-refractivity contribution >= 4 is 63.0 Å². The summed E-state index contributed by atoms with van der Waals surface area (Å²) in [4.78, 5) is 0. The molecule has 0 aliphatic heterocycles. The van der Waals surface area contributed by atoms with Gasteiger partial charge in [0.2, 0.25) is 0 Å². The zero-order valence-electron chi connectivity index (χ0n) is 48.0. The largest absolute Gasteiger partial charge is 2.00 e. The number of ether oxygens (including phenoxy) is 3. The average molecular weight is 1100 g/mol. The smallest absolute Gasteiger partial charge is 1.00 e. The van der Waals surface area contributed by atoms with E-state index in [0.717, 1.165) is 72.8 Å². The topological polar surface area (TPSA) is 100 Å². The summed E-state index contributed by atoms with van der Waals surface area (Å²) >= 11 is 0. The van der Waals surface area contributed by atoms with Gasteiger partial charge < -0.3 is 44.4 Å². The fourth-order valence-corrected chi connectivity index (χ4v) is 7.90. The van der Waals surface area contributed by atoms with E-state index in [9.17, 15) is 8.42 Å². The number of rotatable bonds is 15. The Morgan fingerprint density at radius 3 is 1.16 bits per heavy atom. The number of nitrogens with two attached hydrogens (primary N) is 1. The zero-order chi connectivity index (χ0) is 50.6. The first-order valence-corrected chi connectivity index (χ1v) is 26.1. The van der Waals surface area contributed by atoms with Gasteiger partial charge in [-0.15, -0.1) is 12.4 Å². The van der Waals surface area contributed by atoms with Crippen LogP contribution in [0.1, 0.15) is 191 Å². The van der Waals surface area contributed by atoms with Gasteiger partial charge in [-0.1, -0.05) is 50.2 Å². The Morgan fingerprint density at radius 2 is 0.870 bits per heavy atom. The van der Waals surface area contributed by atoms with Gasteiger partial charge in [0.05, 0.1) is 4.75 Å². The molecule has 0 heterocycles. The van der Waals surface area contributed by atoms with Gasteiger partial charge in [-0.05, 0) is 241 Å². The molecule has 0 unspecified atom stereocenters. The van der Waals surface area contributed by atoms with Crippen molar-refractivity contribution in [2.75, 3.05) is 5.75 Å². The van der Waals surface area contributed by atoms with E-state index in [1.807, 2.05) is 27.7 Å². The van der Waals surface area contributed by atoms with Crippen LogP contribution in [0.25, 0.3) is 0 Å². The predicted molar refractivity (Wildman–Crippen MR) is 305 cm³/mol. The number of halogens is 2. The van der Waals surface area contributed by atoms with Crippen molar-refractivity contribution in [2.45, 2.75) is 230 Å². The first-order chi connectivity index (χ1) is 29.1.